The topological polar surface area (TPSA) is 36.9 Å². The molecule has 0 aliphatic carbocycles. The van der Waals surface area contributed by atoms with Crippen molar-refractivity contribution in [1.29, 1.82) is 0 Å². The van der Waals surface area contributed by atoms with Gasteiger partial charge in [0.15, 0.2) is 0 Å². The van der Waals surface area contributed by atoms with E-state index >= 15 is 0 Å². The maximum Gasteiger partial charge on any atom is 0.119 e. The maximum atomic E-state index is 6.34. The molecule has 5 aromatic carbocycles. The predicted octanol–water partition coefficient (Wildman–Crippen LogP) is 10.7. The van der Waals surface area contributed by atoms with Crippen molar-refractivity contribution in [3.63, 3.8) is 0 Å². The molecule has 5 aromatic rings. The molecule has 0 unspecified atom stereocenters. The van der Waals surface area contributed by atoms with E-state index in [1.807, 2.05) is 122 Å². The van der Waals surface area contributed by atoms with Crippen molar-refractivity contribution in [3.8, 4) is 67.7 Å². The summed E-state index contributed by atoms with van der Waals surface area (Å²) < 4.78 is 25.4. The minimum absolute atomic E-state index is 0.327. The molecule has 0 aromatic heterocycles. The van der Waals surface area contributed by atoms with Crippen molar-refractivity contribution >= 4 is 47.0 Å². The van der Waals surface area contributed by atoms with Gasteiger partial charge in [0, 0.05) is 22.3 Å². The molecule has 0 amide bonds. The Hall–Kier alpha value is -5.06. The smallest absolute Gasteiger partial charge is 0.119 e. The van der Waals surface area contributed by atoms with Gasteiger partial charge in [-0.05, 0) is 177 Å². The molecule has 0 N–H and O–H groups in total. The van der Waals surface area contributed by atoms with Gasteiger partial charge in [-0.25, -0.2) is 0 Å². The van der Waals surface area contributed by atoms with Crippen molar-refractivity contribution < 1.29 is 18.9 Å². The highest BCUT2D eigenvalue weighted by molar-refractivity contribution is 8.03. The zero-order valence-electron chi connectivity index (χ0n) is 30.5. The highest BCUT2D eigenvalue weighted by Gasteiger charge is 2.14. The van der Waals surface area contributed by atoms with Crippen molar-refractivity contribution in [2.24, 2.45) is 0 Å². The zero-order valence-corrected chi connectivity index (χ0v) is 33.8. The van der Waals surface area contributed by atoms with Crippen LogP contribution in [0.5, 0.6) is 23.0 Å². The fraction of sp³-hybridized carbons (Fsp3) is 0.174. The Morgan fingerprint density at radius 3 is 0.722 bits per heavy atom. The highest BCUT2D eigenvalue weighted by atomic mass is 32.2. The third kappa shape index (κ3) is 13.1. The fourth-order valence-electron chi connectivity index (χ4n) is 4.95. The van der Waals surface area contributed by atoms with E-state index in [1.54, 1.807) is 0 Å². The summed E-state index contributed by atoms with van der Waals surface area (Å²) in [5.41, 5.74) is 7.66. The first kappa shape index (κ1) is 40.1. The van der Waals surface area contributed by atoms with E-state index in [4.69, 9.17) is 18.9 Å². The van der Waals surface area contributed by atoms with E-state index < -0.39 is 0 Å². The van der Waals surface area contributed by atoms with Crippen molar-refractivity contribution in [1.82, 2.24) is 0 Å². The summed E-state index contributed by atoms with van der Waals surface area (Å²) in [7, 11) is 0. The lowest BCUT2D eigenvalue weighted by Gasteiger charge is -2.19. The molecule has 0 atom stereocenters. The summed E-state index contributed by atoms with van der Waals surface area (Å²) in [5, 5.41) is 12.1. The van der Waals surface area contributed by atoms with E-state index in [2.05, 4.69) is 56.8 Å². The monoisotopic (exact) mass is 782 g/mol. The number of thioether (sulfide) groups is 4. The normalized spacial score (nSPS) is 9.85. The molecule has 0 heterocycles. The lowest BCUT2D eigenvalue weighted by molar-refractivity contribution is 0.275. The lowest BCUT2D eigenvalue weighted by atomic mass is 9.99. The quantitative estimate of drug-likeness (QED) is 0.116. The number of hydrogen-bond donors (Lipinski definition) is 0. The van der Waals surface area contributed by atoms with E-state index in [1.165, 1.54) is 47.0 Å². The van der Waals surface area contributed by atoms with E-state index in [-0.39, 0.29) is 0 Å². The van der Waals surface area contributed by atoms with Gasteiger partial charge in [0.2, 0.25) is 0 Å². The number of hydrogen-bond acceptors (Lipinski definition) is 8. The molecule has 0 fully saturated rings. The first-order chi connectivity index (χ1) is 26.6. The molecule has 0 radical (unpaired) electrons. The van der Waals surface area contributed by atoms with Gasteiger partial charge in [-0.3, -0.25) is 0 Å². The molecule has 0 bridgehead atoms. The second-order valence-electron chi connectivity index (χ2n) is 11.4. The molecule has 54 heavy (non-hydrogen) atoms. The number of benzene rings is 5. The molecule has 4 nitrogen and oxygen atoms in total. The maximum absolute atomic E-state index is 6.34. The van der Waals surface area contributed by atoms with Crippen LogP contribution in [-0.2, 0) is 26.4 Å². The van der Waals surface area contributed by atoms with Gasteiger partial charge in [0.1, 0.15) is 49.4 Å². The number of ether oxygens (including phenoxy) is 4. The van der Waals surface area contributed by atoms with Crippen LogP contribution < -0.4 is 18.9 Å². The molecule has 8 heteroatoms. The molecular formula is C46H38O4S4. The SMILES string of the molecule is CSC#Cc1ccc(OCc2cc(COc3ccc(C#CSC)cc3)c(COc3ccc(C#CSC)cc3)cc2COc2ccc(C#CSC)cc2)cc1. The summed E-state index contributed by atoms with van der Waals surface area (Å²) in [6.07, 6.45) is 7.83. The van der Waals surface area contributed by atoms with Crippen LogP contribution in [0, 0.1) is 44.7 Å². The van der Waals surface area contributed by atoms with Gasteiger partial charge >= 0.3 is 0 Å². The predicted molar refractivity (Wildman–Crippen MR) is 231 cm³/mol. The van der Waals surface area contributed by atoms with Crippen LogP contribution in [0.25, 0.3) is 0 Å². The van der Waals surface area contributed by atoms with Crippen LogP contribution in [0.2, 0.25) is 0 Å². The van der Waals surface area contributed by atoms with Crippen LogP contribution in [0.4, 0.5) is 0 Å². The fourth-order valence-corrected chi connectivity index (χ4v) is 5.83. The molecule has 270 valence electrons. The minimum atomic E-state index is 0.327. The lowest BCUT2D eigenvalue weighted by Crippen LogP contribution is -2.10. The van der Waals surface area contributed by atoms with E-state index in [0.29, 0.717) is 26.4 Å². The first-order valence-electron chi connectivity index (χ1n) is 16.8. The average Bonchev–Trinajstić information content (AvgIpc) is 3.22. The zero-order chi connectivity index (χ0) is 37.8. The molecule has 0 saturated carbocycles. The molecular weight excluding hydrogens is 745 g/mol. The van der Waals surface area contributed by atoms with Gasteiger partial charge in [0.25, 0.3) is 0 Å². The Balaban J connectivity index is 1.44. The molecule has 0 saturated heterocycles. The van der Waals surface area contributed by atoms with Crippen LogP contribution >= 0.6 is 47.0 Å². The summed E-state index contributed by atoms with van der Waals surface area (Å²) in [4.78, 5) is 0. The van der Waals surface area contributed by atoms with Gasteiger partial charge in [-0.2, -0.15) is 0 Å². The van der Waals surface area contributed by atoms with Gasteiger partial charge < -0.3 is 18.9 Å². The van der Waals surface area contributed by atoms with Crippen molar-refractivity contribution in [2.45, 2.75) is 26.4 Å². The van der Waals surface area contributed by atoms with Crippen molar-refractivity contribution in [3.05, 3.63) is 154 Å². The Morgan fingerprint density at radius 1 is 0.333 bits per heavy atom. The van der Waals surface area contributed by atoms with Gasteiger partial charge in [0.05, 0.1) is 0 Å². The second-order valence-corrected chi connectivity index (χ2v) is 13.8. The summed E-state index contributed by atoms with van der Waals surface area (Å²) in [5.74, 6) is 15.5. The summed E-state index contributed by atoms with van der Waals surface area (Å²) in [6.45, 7) is 1.31. The van der Waals surface area contributed by atoms with Crippen LogP contribution in [0.3, 0.4) is 0 Å². The standard InChI is InChI=1S/C46H38O4S4/c1-51-25-21-35-5-13-43(14-6-35)47-31-39-29-41(33-49-45-17-9-37(10-18-45)23-27-53-3)42(34-50-46-19-11-38(12-20-46)24-28-54-4)30-40(39)32-48-44-15-7-36(8-16-44)22-26-52-2/h5-20,29-30H,31-34H2,1-4H3. The minimum Gasteiger partial charge on any atom is -0.489 e. The first-order valence-corrected chi connectivity index (χ1v) is 21.7. The third-order valence-corrected chi connectivity index (χ3v) is 8.93. The Morgan fingerprint density at radius 2 is 0.537 bits per heavy atom. The molecule has 0 spiro atoms. The van der Waals surface area contributed by atoms with E-state index in [0.717, 1.165) is 67.5 Å². The Kier molecular flexibility index (Phi) is 16.5. The Bertz CT molecular complexity index is 1900. The van der Waals surface area contributed by atoms with Crippen LogP contribution in [0.15, 0.2) is 109 Å². The average molecular weight is 783 g/mol. The number of rotatable bonds is 12. The third-order valence-electron chi connectivity index (χ3n) is 7.71. The molecule has 0 aliphatic rings. The molecule has 0 aliphatic heterocycles. The van der Waals surface area contributed by atoms with Crippen LogP contribution in [0.1, 0.15) is 44.5 Å². The van der Waals surface area contributed by atoms with Crippen LogP contribution in [-0.4, -0.2) is 25.0 Å². The van der Waals surface area contributed by atoms with Gasteiger partial charge in [-0.15, -0.1) is 0 Å². The van der Waals surface area contributed by atoms with E-state index in [9.17, 15) is 0 Å². The highest BCUT2D eigenvalue weighted by Crippen LogP contribution is 2.26. The largest absolute Gasteiger partial charge is 0.489 e. The van der Waals surface area contributed by atoms with Crippen molar-refractivity contribution in [2.75, 3.05) is 25.0 Å². The van der Waals surface area contributed by atoms with Gasteiger partial charge in [-0.1, -0.05) is 70.7 Å². The molecule has 5 rings (SSSR count). The summed E-state index contributed by atoms with van der Waals surface area (Å²) in [6, 6.07) is 35.6. The second kappa shape index (κ2) is 22.2. The summed E-state index contributed by atoms with van der Waals surface area (Å²) >= 11 is 5.95. The Labute approximate surface area is 336 Å².